The van der Waals surface area contributed by atoms with Gasteiger partial charge in [-0.05, 0) is 32.1 Å². The van der Waals surface area contributed by atoms with Crippen LogP contribution in [0.4, 0.5) is 0 Å². The van der Waals surface area contributed by atoms with Crippen molar-refractivity contribution in [1.82, 2.24) is 0 Å². The zero-order valence-electron chi connectivity index (χ0n) is 11.1. The lowest BCUT2D eigenvalue weighted by Gasteiger charge is -2.09. The Balaban J connectivity index is 2.95. The van der Waals surface area contributed by atoms with E-state index in [0.29, 0.717) is 17.1 Å². The van der Waals surface area contributed by atoms with Crippen LogP contribution in [0.5, 0.6) is 11.5 Å². The lowest BCUT2D eigenvalue weighted by molar-refractivity contribution is -0.141. The molecule has 0 atom stereocenters. The molecule has 0 fully saturated rings. The summed E-state index contributed by atoms with van der Waals surface area (Å²) in [6, 6.07) is 5.42. The summed E-state index contributed by atoms with van der Waals surface area (Å²) >= 11 is 0. The van der Waals surface area contributed by atoms with Gasteiger partial charge in [-0.15, -0.1) is 0 Å². The van der Waals surface area contributed by atoms with Crippen LogP contribution in [0, 0.1) is 0 Å². The summed E-state index contributed by atoms with van der Waals surface area (Å²) in [5, 5.41) is 0. The Bertz CT molecular complexity index is 413. The summed E-state index contributed by atoms with van der Waals surface area (Å²) < 4.78 is 15.4. The average Bonchev–Trinajstić information content (AvgIpc) is 2.34. The third-order valence-electron chi connectivity index (χ3n) is 2.20. The molecule has 0 N–H and O–H groups in total. The Morgan fingerprint density at radius 1 is 1.17 bits per heavy atom. The lowest BCUT2D eigenvalue weighted by atomic mass is 10.1. The monoisotopic (exact) mass is 250 g/mol. The number of hydrogen-bond acceptors (Lipinski definition) is 4. The zero-order chi connectivity index (χ0) is 13.5. The Morgan fingerprint density at radius 2 is 1.72 bits per heavy atom. The van der Waals surface area contributed by atoms with Gasteiger partial charge in [-0.3, -0.25) is 0 Å². The number of carbonyl (C=O) groups is 1. The molecule has 0 aliphatic rings. The number of benzene rings is 1. The summed E-state index contributed by atoms with van der Waals surface area (Å²) in [6.45, 7) is 3.60. The first kappa shape index (κ1) is 14.1. The molecule has 0 radical (unpaired) electrons. The van der Waals surface area contributed by atoms with Crippen molar-refractivity contribution < 1.29 is 19.0 Å². The highest BCUT2D eigenvalue weighted by Gasteiger charge is 2.07. The van der Waals surface area contributed by atoms with E-state index in [4.69, 9.17) is 14.2 Å². The van der Waals surface area contributed by atoms with E-state index in [1.807, 2.05) is 6.07 Å². The first-order valence-corrected chi connectivity index (χ1v) is 5.68. The van der Waals surface area contributed by atoms with Crippen molar-refractivity contribution in [3.05, 3.63) is 29.8 Å². The second-order valence-electron chi connectivity index (χ2n) is 3.90. The van der Waals surface area contributed by atoms with Gasteiger partial charge in [0.25, 0.3) is 0 Å². The number of rotatable bonds is 5. The molecule has 0 aliphatic carbocycles. The molecule has 0 spiro atoms. The van der Waals surface area contributed by atoms with Gasteiger partial charge in [0.1, 0.15) is 11.5 Å². The lowest BCUT2D eigenvalue weighted by Crippen LogP contribution is -2.08. The molecule has 4 heteroatoms. The molecule has 0 unspecified atom stereocenters. The van der Waals surface area contributed by atoms with Crippen LogP contribution in [-0.4, -0.2) is 26.3 Å². The van der Waals surface area contributed by atoms with Gasteiger partial charge in [0.2, 0.25) is 0 Å². The third kappa shape index (κ3) is 3.80. The number of ether oxygens (including phenoxy) is 3. The molecule has 1 rings (SSSR count). The van der Waals surface area contributed by atoms with Crippen molar-refractivity contribution in [3.63, 3.8) is 0 Å². The molecule has 0 bridgehead atoms. The van der Waals surface area contributed by atoms with Crippen molar-refractivity contribution in [2.24, 2.45) is 0 Å². The van der Waals surface area contributed by atoms with Crippen molar-refractivity contribution >= 4 is 12.0 Å². The Labute approximate surface area is 107 Å². The fourth-order valence-electron chi connectivity index (χ4n) is 1.47. The molecular weight excluding hydrogens is 232 g/mol. The predicted octanol–water partition coefficient (Wildman–Crippen LogP) is 2.67. The molecule has 18 heavy (non-hydrogen) atoms. The van der Waals surface area contributed by atoms with Gasteiger partial charge in [0.15, 0.2) is 0 Å². The van der Waals surface area contributed by atoms with Gasteiger partial charge in [0.05, 0.1) is 25.9 Å². The van der Waals surface area contributed by atoms with E-state index < -0.39 is 5.97 Å². The van der Waals surface area contributed by atoms with Crippen LogP contribution in [0.2, 0.25) is 0 Å². The number of methoxy groups -OCH3 is 2. The third-order valence-corrected chi connectivity index (χ3v) is 2.20. The van der Waals surface area contributed by atoms with Crippen molar-refractivity contribution in [3.8, 4) is 11.5 Å². The first-order valence-electron chi connectivity index (χ1n) is 5.68. The molecule has 0 saturated carbocycles. The Morgan fingerprint density at radius 3 is 2.17 bits per heavy atom. The van der Waals surface area contributed by atoms with E-state index in [0.717, 1.165) is 0 Å². The first-order chi connectivity index (χ1) is 8.58. The van der Waals surface area contributed by atoms with Gasteiger partial charge in [-0.1, -0.05) is 6.07 Å². The van der Waals surface area contributed by atoms with Gasteiger partial charge < -0.3 is 14.2 Å². The quantitative estimate of drug-likeness (QED) is 0.595. The minimum absolute atomic E-state index is 0.137. The topological polar surface area (TPSA) is 44.8 Å². The van der Waals surface area contributed by atoms with E-state index in [9.17, 15) is 4.79 Å². The van der Waals surface area contributed by atoms with E-state index in [-0.39, 0.29) is 6.10 Å². The summed E-state index contributed by atoms with van der Waals surface area (Å²) in [4.78, 5) is 11.4. The van der Waals surface area contributed by atoms with Crippen LogP contribution in [0.3, 0.4) is 0 Å². The molecule has 98 valence electrons. The fraction of sp³-hybridized carbons (Fsp3) is 0.357. The molecule has 4 nitrogen and oxygen atoms in total. The minimum atomic E-state index is -0.391. The van der Waals surface area contributed by atoms with E-state index in [1.165, 1.54) is 6.08 Å². The van der Waals surface area contributed by atoms with Crippen molar-refractivity contribution in [2.45, 2.75) is 20.0 Å². The molecule has 0 aromatic heterocycles. The highest BCUT2D eigenvalue weighted by atomic mass is 16.5. The summed E-state index contributed by atoms with van der Waals surface area (Å²) in [5.41, 5.74) is 0.711. The van der Waals surface area contributed by atoms with Gasteiger partial charge in [-0.2, -0.15) is 0 Å². The van der Waals surface area contributed by atoms with E-state index >= 15 is 0 Å². The maximum atomic E-state index is 11.4. The average molecular weight is 250 g/mol. The summed E-state index contributed by atoms with van der Waals surface area (Å²) in [6.07, 6.45) is 2.85. The summed E-state index contributed by atoms with van der Waals surface area (Å²) in [5.74, 6) is 0.892. The number of carbonyl (C=O) groups excluding carboxylic acids is 1. The SMILES string of the molecule is COc1cccc(OC)c1C=CC(=O)OC(C)C. The van der Waals surface area contributed by atoms with Crippen LogP contribution < -0.4 is 9.47 Å². The second kappa shape index (κ2) is 6.69. The molecule has 1 aromatic rings. The molecule has 1 aromatic carbocycles. The van der Waals surface area contributed by atoms with Crippen LogP contribution >= 0.6 is 0 Å². The van der Waals surface area contributed by atoms with Crippen LogP contribution in [0.15, 0.2) is 24.3 Å². The zero-order valence-corrected chi connectivity index (χ0v) is 11.1. The van der Waals surface area contributed by atoms with Gasteiger partial charge in [0, 0.05) is 6.08 Å². The maximum Gasteiger partial charge on any atom is 0.331 e. The van der Waals surface area contributed by atoms with Crippen LogP contribution in [0.25, 0.3) is 6.08 Å². The number of hydrogen-bond donors (Lipinski definition) is 0. The predicted molar refractivity (Wildman–Crippen MR) is 69.8 cm³/mol. The Hall–Kier alpha value is -1.97. The smallest absolute Gasteiger partial charge is 0.331 e. The molecule has 0 aliphatic heterocycles. The van der Waals surface area contributed by atoms with E-state index in [1.54, 1.807) is 46.3 Å². The molecule has 0 saturated heterocycles. The minimum Gasteiger partial charge on any atom is -0.496 e. The summed E-state index contributed by atoms with van der Waals surface area (Å²) in [7, 11) is 3.14. The van der Waals surface area contributed by atoms with E-state index in [2.05, 4.69) is 0 Å². The van der Waals surface area contributed by atoms with Crippen LogP contribution in [0.1, 0.15) is 19.4 Å². The maximum absolute atomic E-state index is 11.4. The van der Waals surface area contributed by atoms with Gasteiger partial charge in [-0.25, -0.2) is 4.79 Å². The number of esters is 1. The van der Waals surface area contributed by atoms with Crippen molar-refractivity contribution in [2.75, 3.05) is 14.2 Å². The highest BCUT2D eigenvalue weighted by Crippen LogP contribution is 2.29. The molecule has 0 amide bonds. The van der Waals surface area contributed by atoms with Crippen LogP contribution in [-0.2, 0) is 9.53 Å². The van der Waals surface area contributed by atoms with Gasteiger partial charge >= 0.3 is 5.97 Å². The Kier molecular flexibility index (Phi) is 5.24. The highest BCUT2D eigenvalue weighted by molar-refractivity contribution is 5.88. The largest absolute Gasteiger partial charge is 0.496 e. The fourth-order valence-corrected chi connectivity index (χ4v) is 1.47. The molecule has 0 heterocycles. The standard InChI is InChI=1S/C14H18O4/c1-10(2)18-14(15)9-8-11-12(16-3)6-5-7-13(11)17-4/h5-10H,1-4H3. The second-order valence-corrected chi connectivity index (χ2v) is 3.90. The molecular formula is C14H18O4. The van der Waals surface area contributed by atoms with Crippen molar-refractivity contribution in [1.29, 1.82) is 0 Å². The normalized spacial score (nSPS) is 10.7.